The molecule has 0 atom stereocenters. The molecule has 17 heavy (non-hydrogen) atoms. The van der Waals surface area contributed by atoms with Crippen molar-refractivity contribution in [1.82, 2.24) is 0 Å². The van der Waals surface area contributed by atoms with E-state index < -0.39 is 5.54 Å². The van der Waals surface area contributed by atoms with Crippen LogP contribution in [-0.2, 0) is 5.54 Å². The summed E-state index contributed by atoms with van der Waals surface area (Å²) in [5, 5.41) is 0. The van der Waals surface area contributed by atoms with Crippen LogP contribution in [0.4, 0.5) is 4.39 Å². The second-order valence-corrected chi connectivity index (χ2v) is 4.52. The Bertz CT molecular complexity index is 414. The molecular weight excluding hydrogens is 221 g/mol. The average molecular weight is 239 g/mol. The first kappa shape index (κ1) is 12.2. The Labute approximate surface area is 101 Å². The minimum absolute atomic E-state index is 0.216. The van der Waals surface area contributed by atoms with Crippen molar-refractivity contribution >= 4 is 0 Å². The maximum atomic E-state index is 13.8. The molecule has 2 rings (SSSR count). The molecule has 0 bridgehead atoms. The Hall–Kier alpha value is -1.29. The zero-order valence-corrected chi connectivity index (χ0v) is 10.3. The first-order chi connectivity index (χ1) is 8.12. The first-order valence-electron chi connectivity index (χ1n) is 5.82. The minimum Gasteiger partial charge on any atom is -0.496 e. The lowest BCUT2D eigenvalue weighted by molar-refractivity contribution is 0.333. The van der Waals surface area contributed by atoms with Crippen LogP contribution < -0.4 is 15.2 Å². The molecule has 2 N–H and O–H groups in total. The highest BCUT2D eigenvalue weighted by Gasteiger charge is 2.37. The molecule has 0 amide bonds. The Balaban J connectivity index is 2.59. The number of nitrogens with two attached hydrogens (primary N) is 1. The molecule has 0 spiro atoms. The molecule has 1 aromatic carbocycles. The molecule has 3 nitrogen and oxygen atoms in total. The lowest BCUT2D eigenvalue weighted by Gasteiger charge is -2.28. The van der Waals surface area contributed by atoms with Gasteiger partial charge in [0.2, 0.25) is 0 Å². The fraction of sp³-hybridized carbons (Fsp3) is 0.538. The zero-order valence-electron chi connectivity index (χ0n) is 10.3. The number of rotatable bonds is 3. The summed E-state index contributed by atoms with van der Waals surface area (Å²) in [5.74, 6) is 0.432. The Kier molecular flexibility index (Phi) is 3.24. The molecular formula is C13H18FNO2. The predicted molar refractivity (Wildman–Crippen MR) is 63.8 cm³/mol. The predicted octanol–water partition coefficient (Wildman–Crippen LogP) is 2.57. The topological polar surface area (TPSA) is 44.5 Å². The van der Waals surface area contributed by atoms with Crippen molar-refractivity contribution in [3.8, 4) is 11.5 Å². The van der Waals surface area contributed by atoms with E-state index in [1.165, 1.54) is 13.2 Å². The molecule has 0 heterocycles. The van der Waals surface area contributed by atoms with Gasteiger partial charge in [0.15, 0.2) is 11.6 Å². The van der Waals surface area contributed by atoms with Gasteiger partial charge in [0.05, 0.1) is 19.8 Å². The summed E-state index contributed by atoms with van der Waals surface area (Å²) >= 11 is 0. The summed E-state index contributed by atoms with van der Waals surface area (Å²) in [6.07, 6.45) is 3.78. The van der Waals surface area contributed by atoms with Crippen LogP contribution in [0, 0.1) is 5.82 Å². The molecule has 0 saturated heterocycles. The van der Waals surface area contributed by atoms with Crippen LogP contribution in [0.15, 0.2) is 12.1 Å². The molecule has 1 aliphatic rings. The molecule has 1 saturated carbocycles. The van der Waals surface area contributed by atoms with Crippen molar-refractivity contribution in [2.24, 2.45) is 5.73 Å². The van der Waals surface area contributed by atoms with Gasteiger partial charge in [-0.2, -0.15) is 0 Å². The van der Waals surface area contributed by atoms with E-state index in [2.05, 4.69) is 0 Å². The van der Waals surface area contributed by atoms with Crippen LogP contribution >= 0.6 is 0 Å². The highest BCUT2D eigenvalue weighted by molar-refractivity contribution is 5.50. The van der Waals surface area contributed by atoms with Crippen LogP contribution in [0.5, 0.6) is 11.5 Å². The summed E-state index contributed by atoms with van der Waals surface area (Å²) in [5.41, 5.74) is 6.51. The second kappa shape index (κ2) is 4.53. The zero-order chi connectivity index (χ0) is 12.5. The smallest absolute Gasteiger partial charge is 0.165 e. The summed E-state index contributed by atoms with van der Waals surface area (Å²) in [6, 6.07) is 2.96. The van der Waals surface area contributed by atoms with Gasteiger partial charge in [0.1, 0.15) is 5.75 Å². The number of ether oxygens (including phenoxy) is 2. The van der Waals surface area contributed by atoms with Gasteiger partial charge in [0, 0.05) is 5.54 Å². The van der Waals surface area contributed by atoms with Gasteiger partial charge in [-0.1, -0.05) is 12.8 Å². The molecule has 94 valence electrons. The van der Waals surface area contributed by atoms with E-state index in [0.717, 1.165) is 25.7 Å². The van der Waals surface area contributed by atoms with Gasteiger partial charge in [0.25, 0.3) is 0 Å². The lowest BCUT2D eigenvalue weighted by Crippen LogP contribution is -2.34. The molecule has 0 aromatic heterocycles. The summed E-state index contributed by atoms with van der Waals surface area (Å²) in [4.78, 5) is 0. The van der Waals surface area contributed by atoms with Crippen LogP contribution in [0.1, 0.15) is 31.2 Å². The van der Waals surface area contributed by atoms with Gasteiger partial charge in [-0.05, 0) is 25.0 Å². The highest BCUT2D eigenvalue weighted by Crippen LogP contribution is 2.46. The van der Waals surface area contributed by atoms with E-state index in [1.54, 1.807) is 13.2 Å². The number of hydrogen-bond acceptors (Lipinski definition) is 3. The monoisotopic (exact) mass is 239 g/mol. The van der Waals surface area contributed by atoms with Crippen molar-refractivity contribution in [1.29, 1.82) is 0 Å². The third-order valence-electron chi connectivity index (χ3n) is 3.49. The molecule has 0 unspecified atom stereocenters. The molecule has 4 heteroatoms. The van der Waals surface area contributed by atoms with Crippen LogP contribution in [0.3, 0.4) is 0 Å². The number of methoxy groups -OCH3 is 2. The molecule has 0 aliphatic heterocycles. The van der Waals surface area contributed by atoms with Crippen molar-refractivity contribution in [3.05, 3.63) is 23.5 Å². The standard InChI is InChI=1S/C13H18FNO2/c1-16-10-6-5-9(14)12(17-2)11(10)13(15)7-3-4-8-13/h5-6H,3-4,7-8,15H2,1-2H3. The van der Waals surface area contributed by atoms with Gasteiger partial charge >= 0.3 is 0 Å². The number of benzene rings is 1. The van der Waals surface area contributed by atoms with Crippen molar-refractivity contribution in [2.45, 2.75) is 31.2 Å². The highest BCUT2D eigenvalue weighted by atomic mass is 19.1. The van der Waals surface area contributed by atoms with E-state index in [-0.39, 0.29) is 11.6 Å². The van der Waals surface area contributed by atoms with E-state index >= 15 is 0 Å². The van der Waals surface area contributed by atoms with Crippen molar-refractivity contribution in [3.63, 3.8) is 0 Å². The maximum Gasteiger partial charge on any atom is 0.165 e. The normalized spacial score (nSPS) is 18.1. The second-order valence-electron chi connectivity index (χ2n) is 4.52. The lowest BCUT2D eigenvalue weighted by atomic mass is 9.87. The first-order valence-corrected chi connectivity index (χ1v) is 5.82. The maximum absolute atomic E-state index is 13.8. The van der Waals surface area contributed by atoms with Crippen molar-refractivity contribution < 1.29 is 13.9 Å². The third kappa shape index (κ3) is 1.97. The fourth-order valence-electron chi connectivity index (χ4n) is 2.64. The average Bonchev–Trinajstić information content (AvgIpc) is 2.76. The van der Waals surface area contributed by atoms with E-state index in [0.29, 0.717) is 11.3 Å². The Morgan fingerprint density at radius 2 is 1.82 bits per heavy atom. The van der Waals surface area contributed by atoms with Crippen LogP contribution in [0.2, 0.25) is 0 Å². The Morgan fingerprint density at radius 1 is 1.18 bits per heavy atom. The number of halogens is 1. The number of hydrogen-bond donors (Lipinski definition) is 1. The SMILES string of the molecule is COc1ccc(F)c(OC)c1C1(N)CCCC1. The molecule has 1 aliphatic carbocycles. The van der Waals surface area contributed by atoms with Gasteiger partial charge in [-0.25, -0.2) is 4.39 Å². The Morgan fingerprint density at radius 3 is 2.35 bits per heavy atom. The van der Waals surface area contributed by atoms with Crippen molar-refractivity contribution in [2.75, 3.05) is 14.2 Å². The molecule has 1 aromatic rings. The summed E-state index contributed by atoms with van der Waals surface area (Å²) in [7, 11) is 3.02. The van der Waals surface area contributed by atoms with Gasteiger partial charge in [-0.3, -0.25) is 0 Å². The van der Waals surface area contributed by atoms with Gasteiger partial charge < -0.3 is 15.2 Å². The van der Waals surface area contributed by atoms with E-state index in [4.69, 9.17) is 15.2 Å². The minimum atomic E-state index is -0.529. The van der Waals surface area contributed by atoms with E-state index in [9.17, 15) is 4.39 Å². The largest absolute Gasteiger partial charge is 0.496 e. The van der Waals surface area contributed by atoms with Crippen LogP contribution in [-0.4, -0.2) is 14.2 Å². The van der Waals surface area contributed by atoms with Gasteiger partial charge in [-0.15, -0.1) is 0 Å². The molecule has 0 radical (unpaired) electrons. The fourth-order valence-corrected chi connectivity index (χ4v) is 2.64. The molecule has 1 fully saturated rings. The van der Waals surface area contributed by atoms with Crippen LogP contribution in [0.25, 0.3) is 0 Å². The summed E-state index contributed by atoms with van der Waals surface area (Å²) < 4.78 is 24.2. The summed E-state index contributed by atoms with van der Waals surface area (Å²) in [6.45, 7) is 0. The quantitative estimate of drug-likeness (QED) is 0.881. The van der Waals surface area contributed by atoms with E-state index in [1.807, 2.05) is 0 Å². The third-order valence-corrected chi connectivity index (χ3v) is 3.49.